The maximum absolute atomic E-state index is 11.7. The van der Waals surface area contributed by atoms with E-state index in [0.29, 0.717) is 13.0 Å². The number of likely N-dealkylation sites (tertiary alicyclic amines) is 1. The number of urea groups is 1. The second-order valence-electron chi connectivity index (χ2n) is 6.39. The summed E-state index contributed by atoms with van der Waals surface area (Å²) >= 11 is 0. The van der Waals surface area contributed by atoms with Gasteiger partial charge in [0, 0.05) is 25.7 Å². The SMILES string of the molecule is C[C@H](CCO)NC(=O)NCc1ccc(CN2CCCCC2)cc1. The molecule has 5 nitrogen and oxygen atoms in total. The van der Waals surface area contributed by atoms with Crippen LogP contribution in [0.5, 0.6) is 0 Å². The quantitative estimate of drug-likeness (QED) is 0.722. The Bertz CT molecular complexity index is 470. The Hall–Kier alpha value is -1.59. The number of nitrogens with one attached hydrogen (secondary N) is 2. The van der Waals surface area contributed by atoms with Crippen LogP contribution in [0.1, 0.15) is 43.7 Å². The summed E-state index contributed by atoms with van der Waals surface area (Å²) in [6.07, 6.45) is 4.55. The lowest BCUT2D eigenvalue weighted by atomic mass is 10.1. The topological polar surface area (TPSA) is 64.6 Å². The van der Waals surface area contributed by atoms with E-state index in [1.165, 1.54) is 37.9 Å². The molecule has 23 heavy (non-hydrogen) atoms. The van der Waals surface area contributed by atoms with Crippen LogP contribution in [0.3, 0.4) is 0 Å². The second kappa shape index (κ2) is 9.53. The van der Waals surface area contributed by atoms with Gasteiger partial charge in [0.2, 0.25) is 0 Å². The number of aliphatic hydroxyl groups excluding tert-OH is 1. The highest BCUT2D eigenvalue weighted by molar-refractivity contribution is 5.74. The lowest BCUT2D eigenvalue weighted by Gasteiger charge is -2.26. The average Bonchev–Trinajstić information content (AvgIpc) is 2.55. The van der Waals surface area contributed by atoms with Crippen LogP contribution in [0.4, 0.5) is 4.79 Å². The molecule has 0 bridgehead atoms. The number of carbonyl (C=O) groups is 1. The van der Waals surface area contributed by atoms with Gasteiger partial charge in [-0.15, -0.1) is 0 Å². The number of hydrogen-bond donors (Lipinski definition) is 3. The molecule has 0 aliphatic carbocycles. The van der Waals surface area contributed by atoms with Crippen molar-refractivity contribution in [2.75, 3.05) is 19.7 Å². The number of amides is 2. The summed E-state index contributed by atoms with van der Waals surface area (Å²) in [5.41, 5.74) is 2.43. The van der Waals surface area contributed by atoms with Crippen molar-refractivity contribution in [1.29, 1.82) is 0 Å². The van der Waals surface area contributed by atoms with Crippen LogP contribution in [-0.2, 0) is 13.1 Å². The largest absolute Gasteiger partial charge is 0.396 e. The van der Waals surface area contributed by atoms with Crippen LogP contribution < -0.4 is 10.6 Å². The lowest BCUT2D eigenvalue weighted by Crippen LogP contribution is -2.40. The number of nitrogens with zero attached hydrogens (tertiary/aromatic N) is 1. The van der Waals surface area contributed by atoms with E-state index in [-0.39, 0.29) is 18.7 Å². The minimum absolute atomic E-state index is 0.0214. The fourth-order valence-electron chi connectivity index (χ4n) is 2.86. The highest BCUT2D eigenvalue weighted by Gasteiger charge is 2.10. The summed E-state index contributed by atoms with van der Waals surface area (Å²) in [6, 6.07) is 8.25. The second-order valence-corrected chi connectivity index (χ2v) is 6.39. The molecule has 1 heterocycles. The van der Waals surface area contributed by atoms with Crippen LogP contribution >= 0.6 is 0 Å². The molecule has 2 amide bonds. The third-order valence-corrected chi connectivity index (χ3v) is 4.27. The molecule has 0 aromatic heterocycles. The molecule has 0 unspecified atom stereocenters. The van der Waals surface area contributed by atoms with Gasteiger partial charge in [-0.25, -0.2) is 4.79 Å². The van der Waals surface area contributed by atoms with E-state index in [1.54, 1.807) is 0 Å². The molecule has 1 aliphatic rings. The third kappa shape index (κ3) is 6.59. The van der Waals surface area contributed by atoms with Gasteiger partial charge in [-0.05, 0) is 50.4 Å². The number of benzene rings is 1. The fourth-order valence-corrected chi connectivity index (χ4v) is 2.86. The molecule has 5 heteroatoms. The van der Waals surface area contributed by atoms with Crippen molar-refractivity contribution < 1.29 is 9.90 Å². The third-order valence-electron chi connectivity index (χ3n) is 4.27. The van der Waals surface area contributed by atoms with Crippen LogP contribution in [0.15, 0.2) is 24.3 Å². The first-order valence-electron chi connectivity index (χ1n) is 8.63. The Morgan fingerprint density at radius 3 is 2.48 bits per heavy atom. The minimum atomic E-state index is -0.191. The smallest absolute Gasteiger partial charge is 0.315 e. The van der Waals surface area contributed by atoms with Crippen molar-refractivity contribution in [2.45, 2.75) is 51.7 Å². The first-order chi connectivity index (χ1) is 11.2. The number of piperidine rings is 1. The first kappa shape index (κ1) is 17.8. The molecule has 1 atom stereocenters. The van der Waals surface area contributed by atoms with E-state index in [2.05, 4.69) is 39.8 Å². The first-order valence-corrected chi connectivity index (χ1v) is 8.63. The summed E-state index contributed by atoms with van der Waals surface area (Å²) in [6.45, 7) is 5.91. The van der Waals surface area contributed by atoms with Gasteiger partial charge in [-0.2, -0.15) is 0 Å². The van der Waals surface area contributed by atoms with E-state index in [0.717, 1.165) is 12.1 Å². The van der Waals surface area contributed by atoms with Gasteiger partial charge in [0.15, 0.2) is 0 Å². The predicted molar refractivity (Wildman–Crippen MR) is 92.1 cm³/mol. The minimum Gasteiger partial charge on any atom is -0.396 e. The van der Waals surface area contributed by atoms with Crippen molar-refractivity contribution in [3.63, 3.8) is 0 Å². The number of rotatable bonds is 7. The number of hydrogen-bond acceptors (Lipinski definition) is 3. The number of aliphatic hydroxyl groups is 1. The zero-order valence-corrected chi connectivity index (χ0v) is 14.1. The molecule has 1 aromatic rings. The summed E-state index contributed by atoms with van der Waals surface area (Å²) in [5, 5.41) is 14.5. The molecule has 1 fully saturated rings. The zero-order chi connectivity index (χ0) is 16.5. The Labute approximate surface area is 139 Å². The molecule has 2 rings (SSSR count). The Morgan fingerprint density at radius 1 is 1.17 bits per heavy atom. The summed E-state index contributed by atoms with van der Waals surface area (Å²) < 4.78 is 0. The Morgan fingerprint density at radius 2 is 1.83 bits per heavy atom. The van der Waals surface area contributed by atoms with Crippen molar-refractivity contribution in [2.24, 2.45) is 0 Å². The fraction of sp³-hybridized carbons (Fsp3) is 0.611. The molecule has 0 saturated carbocycles. The van der Waals surface area contributed by atoms with E-state index < -0.39 is 0 Å². The van der Waals surface area contributed by atoms with Crippen molar-refractivity contribution in [3.05, 3.63) is 35.4 Å². The molecule has 1 aromatic carbocycles. The van der Waals surface area contributed by atoms with Gasteiger partial charge < -0.3 is 15.7 Å². The van der Waals surface area contributed by atoms with E-state index >= 15 is 0 Å². The average molecular weight is 319 g/mol. The summed E-state index contributed by atoms with van der Waals surface area (Å²) in [4.78, 5) is 14.2. The molecule has 1 aliphatic heterocycles. The van der Waals surface area contributed by atoms with Gasteiger partial charge in [0.25, 0.3) is 0 Å². The maximum Gasteiger partial charge on any atom is 0.315 e. The summed E-state index contributed by atoms with van der Waals surface area (Å²) in [5.74, 6) is 0. The molecule has 0 radical (unpaired) electrons. The zero-order valence-electron chi connectivity index (χ0n) is 14.1. The molecule has 128 valence electrons. The van der Waals surface area contributed by atoms with Crippen LogP contribution in [-0.4, -0.2) is 41.8 Å². The predicted octanol–water partition coefficient (Wildman–Crippen LogP) is 2.24. The van der Waals surface area contributed by atoms with Gasteiger partial charge >= 0.3 is 6.03 Å². The van der Waals surface area contributed by atoms with Crippen LogP contribution in [0, 0.1) is 0 Å². The van der Waals surface area contributed by atoms with E-state index in [1.807, 2.05) is 6.92 Å². The van der Waals surface area contributed by atoms with Crippen LogP contribution in [0.2, 0.25) is 0 Å². The van der Waals surface area contributed by atoms with Crippen LogP contribution in [0.25, 0.3) is 0 Å². The standard InChI is InChI=1S/C18H29N3O2/c1-15(9-12-22)20-18(23)19-13-16-5-7-17(8-6-16)14-21-10-3-2-4-11-21/h5-8,15,22H,2-4,9-14H2,1H3,(H2,19,20,23)/t15-/m1/s1. The number of carbonyl (C=O) groups excluding carboxylic acids is 1. The molecule has 3 N–H and O–H groups in total. The Kier molecular flexibility index (Phi) is 7.36. The molecular weight excluding hydrogens is 290 g/mol. The van der Waals surface area contributed by atoms with Gasteiger partial charge in [0.05, 0.1) is 0 Å². The van der Waals surface area contributed by atoms with Crippen molar-refractivity contribution in [1.82, 2.24) is 15.5 Å². The van der Waals surface area contributed by atoms with E-state index in [4.69, 9.17) is 5.11 Å². The van der Waals surface area contributed by atoms with Crippen molar-refractivity contribution >= 4 is 6.03 Å². The normalized spacial score (nSPS) is 16.8. The van der Waals surface area contributed by atoms with E-state index in [9.17, 15) is 4.79 Å². The monoisotopic (exact) mass is 319 g/mol. The molecular formula is C18H29N3O2. The summed E-state index contributed by atoms with van der Waals surface area (Å²) in [7, 11) is 0. The molecule has 1 saturated heterocycles. The molecule has 0 spiro atoms. The van der Waals surface area contributed by atoms with Gasteiger partial charge in [-0.1, -0.05) is 30.7 Å². The van der Waals surface area contributed by atoms with Crippen molar-refractivity contribution in [3.8, 4) is 0 Å². The Balaban J connectivity index is 1.72. The van der Waals surface area contributed by atoms with Gasteiger partial charge in [-0.3, -0.25) is 4.90 Å². The lowest BCUT2D eigenvalue weighted by molar-refractivity contribution is 0.221. The van der Waals surface area contributed by atoms with Gasteiger partial charge in [0.1, 0.15) is 0 Å². The highest BCUT2D eigenvalue weighted by atomic mass is 16.3. The maximum atomic E-state index is 11.7. The highest BCUT2D eigenvalue weighted by Crippen LogP contribution is 2.13.